The van der Waals surface area contributed by atoms with Gasteiger partial charge in [0, 0.05) is 44.0 Å². The minimum Gasteiger partial charge on any atom is -0.378 e. The molecule has 1 aromatic carbocycles. The zero-order chi connectivity index (χ0) is 23.3. The third kappa shape index (κ3) is 5.46. The molecule has 2 saturated heterocycles. The normalized spacial score (nSPS) is 29.9. The SMILES string of the molecule is O=C(NC1COCCN(CCc2ccccc2F)C1)C1CCC2NNC(c3ccncc3)C2C1. The Morgan fingerprint density at radius 1 is 1.18 bits per heavy atom. The highest BCUT2D eigenvalue weighted by Crippen LogP contribution is 2.40. The maximum atomic E-state index is 14.0. The van der Waals surface area contributed by atoms with Gasteiger partial charge in [-0.05, 0) is 60.9 Å². The number of nitrogens with zero attached hydrogens (tertiary/aromatic N) is 2. The van der Waals surface area contributed by atoms with Gasteiger partial charge in [0.1, 0.15) is 5.82 Å². The van der Waals surface area contributed by atoms with E-state index in [1.165, 1.54) is 11.6 Å². The molecule has 5 unspecified atom stereocenters. The second kappa shape index (κ2) is 10.9. The summed E-state index contributed by atoms with van der Waals surface area (Å²) in [7, 11) is 0. The monoisotopic (exact) mass is 467 g/mol. The van der Waals surface area contributed by atoms with E-state index < -0.39 is 0 Å². The summed E-state index contributed by atoms with van der Waals surface area (Å²) < 4.78 is 19.8. The molecule has 2 aliphatic heterocycles. The fourth-order valence-electron chi connectivity index (χ4n) is 5.66. The molecule has 5 rings (SSSR count). The summed E-state index contributed by atoms with van der Waals surface area (Å²) in [5.41, 5.74) is 8.81. The number of nitrogens with one attached hydrogen (secondary N) is 3. The van der Waals surface area contributed by atoms with E-state index in [0.717, 1.165) is 44.5 Å². The highest BCUT2D eigenvalue weighted by atomic mass is 19.1. The lowest BCUT2D eigenvalue weighted by atomic mass is 9.74. The molecule has 34 heavy (non-hydrogen) atoms. The van der Waals surface area contributed by atoms with E-state index in [1.807, 2.05) is 36.7 Å². The number of rotatable bonds is 6. The van der Waals surface area contributed by atoms with Gasteiger partial charge in [-0.1, -0.05) is 18.2 Å². The van der Waals surface area contributed by atoms with Gasteiger partial charge in [0.15, 0.2) is 0 Å². The summed E-state index contributed by atoms with van der Waals surface area (Å²) in [6.45, 7) is 3.40. The van der Waals surface area contributed by atoms with Crippen molar-refractivity contribution in [2.45, 2.75) is 43.8 Å². The Balaban J connectivity index is 1.16. The summed E-state index contributed by atoms with van der Waals surface area (Å²) in [6.07, 6.45) is 7.01. The van der Waals surface area contributed by atoms with Crippen molar-refractivity contribution in [3.63, 3.8) is 0 Å². The molecule has 3 aliphatic rings. The van der Waals surface area contributed by atoms with Crippen LogP contribution in [0.2, 0.25) is 0 Å². The molecule has 1 saturated carbocycles. The third-order valence-corrected chi connectivity index (χ3v) is 7.54. The lowest BCUT2D eigenvalue weighted by Crippen LogP contribution is -2.48. The van der Waals surface area contributed by atoms with Gasteiger partial charge in [0.05, 0.1) is 25.3 Å². The highest BCUT2D eigenvalue weighted by Gasteiger charge is 2.43. The molecule has 5 atom stereocenters. The van der Waals surface area contributed by atoms with E-state index in [-0.39, 0.29) is 29.7 Å². The van der Waals surface area contributed by atoms with E-state index >= 15 is 0 Å². The van der Waals surface area contributed by atoms with Crippen molar-refractivity contribution >= 4 is 5.91 Å². The van der Waals surface area contributed by atoms with Crippen LogP contribution < -0.4 is 16.2 Å². The van der Waals surface area contributed by atoms with Crippen LogP contribution in [-0.2, 0) is 16.0 Å². The number of pyridine rings is 1. The zero-order valence-corrected chi connectivity index (χ0v) is 19.5. The lowest BCUT2D eigenvalue weighted by Gasteiger charge is -2.33. The molecule has 0 bridgehead atoms. The molecule has 1 aliphatic carbocycles. The second-order valence-electron chi connectivity index (χ2n) is 9.75. The fourth-order valence-corrected chi connectivity index (χ4v) is 5.66. The molecule has 7 nitrogen and oxygen atoms in total. The standard InChI is InChI=1S/C26H34FN5O2/c27-23-4-2-1-3-18(23)9-12-32-13-14-34-17-21(16-32)29-26(33)20-5-6-24-22(15-20)25(31-30-24)19-7-10-28-11-8-19/h1-4,7-8,10-11,20-22,24-25,30-31H,5-6,9,12-17H2,(H,29,33). The quantitative estimate of drug-likeness (QED) is 0.605. The van der Waals surface area contributed by atoms with Crippen molar-refractivity contribution < 1.29 is 13.9 Å². The van der Waals surface area contributed by atoms with Crippen molar-refractivity contribution in [2.24, 2.45) is 11.8 Å². The number of amides is 1. The number of benzene rings is 1. The molecule has 3 heterocycles. The molecule has 0 radical (unpaired) electrons. The largest absolute Gasteiger partial charge is 0.378 e. The van der Waals surface area contributed by atoms with E-state index in [0.29, 0.717) is 31.6 Å². The van der Waals surface area contributed by atoms with Gasteiger partial charge >= 0.3 is 0 Å². The Morgan fingerprint density at radius 3 is 2.88 bits per heavy atom. The van der Waals surface area contributed by atoms with Crippen LogP contribution in [0.4, 0.5) is 4.39 Å². The highest BCUT2D eigenvalue weighted by molar-refractivity contribution is 5.79. The van der Waals surface area contributed by atoms with Crippen molar-refractivity contribution in [2.75, 3.05) is 32.8 Å². The Morgan fingerprint density at radius 2 is 2.03 bits per heavy atom. The summed E-state index contributed by atoms with van der Waals surface area (Å²) in [4.78, 5) is 19.7. The Hall–Kier alpha value is -2.39. The van der Waals surface area contributed by atoms with Crippen molar-refractivity contribution in [3.8, 4) is 0 Å². The number of hydrazine groups is 1. The van der Waals surface area contributed by atoms with Crippen LogP contribution in [-0.4, -0.2) is 60.7 Å². The van der Waals surface area contributed by atoms with E-state index in [9.17, 15) is 9.18 Å². The maximum Gasteiger partial charge on any atom is 0.223 e. The lowest BCUT2D eigenvalue weighted by molar-refractivity contribution is -0.127. The number of hydrogen-bond acceptors (Lipinski definition) is 6. The summed E-state index contributed by atoms with van der Waals surface area (Å²) in [6, 6.07) is 11.6. The number of carbonyl (C=O) groups is 1. The molecular formula is C26H34FN5O2. The van der Waals surface area contributed by atoms with Crippen LogP contribution in [0, 0.1) is 17.7 Å². The molecule has 1 aromatic heterocycles. The molecule has 1 amide bonds. The average molecular weight is 468 g/mol. The van der Waals surface area contributed by atoms with Gasteiger partial charge in [0.2, 0.25) is 5.91 Å². The molecule has 182 valence electrons. The fraction of sp³-hybridized carbons (Fsp3) is 0.538. The number of fused-ring (bicyclic) bond motifs is 1. The minimum absolute atomic E-state index is 0.00223. The molecular weight excluding hydrogens is 433 g/mol. The van der Waals surface area contributed by atoms with E-state index in [2.05, 4.69) is 26.1 Å². The van der Waals surface area contributed by atoms with Gasteiger partial charge in [0.25, 0.3) is 0 Å². The number of carbonyl (C=O) groups excluding carboxylic acids is 1. The van der Waals surface area contributed by atoms with Crippen molar-refractivity contribution in [1.29, 1.82) is 0 Å². The van der Waals surface area contributed by atoms with E-state index in [4.69, 9.17) is 4.74 Å². The van der Waals surface area contributed by atoms with Gasteiger partial charge in [-0.3, -0.25) is 20.1 Å². The van der Waals surface area contributed by atoms with Gasteiger partial charge < -0.3 is 10.1 Å². The summed E-state index contributed by atoms with van der Waals surface area (Å²) in [5.74, 6) is 0.343. The van der Waals surface area contributed by atoms with Crippen LogP contribution >= 0.6 is 0 Å². The maximum absolute atomic E-state index is 14.0. The molecule has 3 fully saturated rings. The van der Waals surface area contributed by atoms with Crippen LogP contribution in [0.5, 0.6) is 0 Å². The number of halogens is 1. The molecule has 2 aromatic rings. The molecule has 0 spiro atoms. The van der Waals surface area contributed by atoms with Gasteiger partial charge in [-0.15, -0.1) is 0 Å². The molecule has 3 N–H and O–H groups in total. The predicted octanol–water partition coefficient (Wildman–Crippen LogP) is 2.21. The minimum atomic E-state index is -0.157. The van der Waals surface area contributed by atoms with Crippen molar-refractivity contribution in [3.05, 3.63) is 65.7 Å². The number of hydrogen-bond donors (Lipinski definition) is 3. The first-order valence-electron chi connectivity index (χ1n) is 12.4. The van der Waals surface area contributed by atoms with Crippen LogP contribution in [0.1, 0.15) is 36.4 Å². The van der Waals surface area contributed by atoms with Gasteiger partial charge in [-0.2, -0.15) is 0 Å². The third-order valence-electron chi connectivity index (χ3n) is 7.54. The topological polar surface area (TPSA) is 78.5 Å². The van der Waals surface area contributed by atoms with Crippen LogP contribution in [0.25, 0.3) is 0 Å². The Kier molecular flexibility index (Phi) is 7.49. The van der Waals surface area contributed by atoms with Crippen molar-refractivity contribution in [1.82, 2.24) is 26.1 Å². The van der Waals surface area contributed by atoms with Crippen LogP contribution in [0.3, 0.4) is 0 Å². The second-order valence-corrected chi connectivity index (χ2v) is 9.75. The first kappa shape index (κ1) is 23.4. The molecule has 8 heteroatoms. The zero-order valence-electron chi connectivity index (χ0n) is 19.5. The van der Waals surface area contributed by atoms with E-state index in [1.54, 1.807) is 6.07 Å². The van der Waals surface area contributed by atoms with Crippen LogP contribution in [0.15, 0.2) is 48.8 Å². The first-order valence-corrected chi connectivity index (χ1v) is 12.4. The first-order chi connectivity index (χ1) is 16.7. The number of ether oxygens (including phenoxy) is 1. The smallest absolute Gasteiger partial charge is 0.223 e. The summed E-state index contributed by atoms with van der Waals surface area (Å²) in [5, 5.41) is 3.27. The van der Waals surface area contributed by atoms with Gasteiger partial charge in [-0.25, -0.2) is 9.82 Å². The Bertz CT molecular complexity index is 961. The predicted molar refractivity (Wildman–Crippen MR) is 127 cm³/mol. The Labute approximate surface area is 200 Å². The number of aromatic nitrogens is 1. The average Bonchev–Trinajstić information content (AvgIpc) is 3.16. The summed E-state index contributed by atoms with van der Waals surface area (Å²) >= 11 is 0.